The number of aromatic nitrogens is 1. The topological polar surface area (TPSA) is 31.4 Å². The molecule has 26 heavy (non-hydrogen) atoms. The normalized spacial score (nSPS) is 23.5. The first-order valence-electron chi connectivity index (χ1n) is 6.94. The number of benzene rings is 1. The maximum absolute atomic E-state index is 6.34. The van der Waals surface area contributed by atoms with Crippen LogP contribution in [0.25, 0.3) is 11.1 Å². The van der Waals surface area contributed by atoms with Crippen LogP contribution in [0.3, 0.4) is 0 Å². The summed E-state index contributed by atoms with van der Waals surface area (Å²) < 4.78 is 2.97. The largest absolute Gasteiger partial charge is 0.301 e. The van der Waals surface area contributed by atoms with Crippen molar-refractivity contribution in [3.8, 4) is 11.1 Å². The van der Waals surface area contributed by atoms with Crippen LogP contribution in [0.1, 0.15) is 22.5 Å². The smallest absolute Gasteiger partial charge is 0.264 e. The second-order valence-electron chi connectivity index (χ2n) is 5.57. The summed E-state index contributed by atoms with van der Waals surface area (Å²) in [4.78, 5) is 4.30. The zero-order valence-electron chi connectivity index (χ0n) is 12.2. The highest BCUT2D eigenvalue weighted by Crippen LogP contribution is 2.64. The summed E-state index contributed by atoms with van der Waals surface area (Å²) in [5.74, 6) is 0. The van der Waals surface area contributed by atoms with Gasteiger partial charge in [-0.2, -0.15) is 0 Å². The quantitative estimate of drug-likeness (QED) is 0.378. The van der Waals surface area contributed by atoms with E-state index in [2.05, 4.69) is 4.98 Å². The van der Waals surface area contributed by atoms with E-state index < -0.39 is 18.1 Å². The van der Waals surface area contributed by atoms with E-state index in [-0.39, 0.29) is 22.5 Å². The molecule has 0 atom stereocenters. The van der Waals surface area contributed by atoms with Gasteiger partial charge in [0.1, 0.15) is 11.4 Å². The molecule has 2 aliphatic heterocycles. The Morgan fingerprint density at radius 1 is 0.615 bits per heavy atom. The van der Waals surface area contributed by atoms with Gasteiger partial charge in [0.25, 0.3) is 9.04 Å². The van der Waals surface area contributed by atoms with E-state index in [1.165, 1.54) is 0 Å². The lowest BCUT2D eigenvalue weighted by molar-refractivity contribution is 0.0456. The van der Waals surface area contributed by atoms with Gasteiger partial charge < -0.3 is 9.47 Å². The van der Waals surface area contributed by atoms with Gasteiger partial charge >= 0.3 is 0 Å². The zero-order chi connectivity index (χ0) is 19.1. The van der Waals surface area contributed by atoms with Gasteiger partial charge in [0.15, 0.2) is 0 Å². The predicted molar refractivity (Wildman–Crippen MR) is 105 cm³/mol. The maximum atomic E-state index is 6.34. The molecule has 0 saturated heterocycles. The Morgan fingerprint density at radius 3 is 1.46 bits per heavy atom. The van der Waals surface area contributed by atoms with Crippen LogP contribution in [-0.2, 0) is 27.6 Å². The van der Waals surface area contributed by atoms with Crippen molar-refractivity contribution >= 4 is 92.8 Å². The Bertz CT molecular complexity index is 861. The molecule has 4 rings (SSSR count). The Hall–Kier alpha value is 0.610. The van der Waals surface area contributed by atoms with Crippen LogP contribution in [0.5, 0.6) is 0 Å². The number of pyridine rings is 1. The van der Waals surface area contributed by atoms with E-state index >= 15 is 0 Å². The maximum Gasteiger partial charge on any atom is 0.264 e. The second-order valence-corrected chi connectivity index (χ2v) is 10.6. The fourth-order valence-corrected chi connectivity index (χ4v) is 5.51. The highest BCUT2D eigenvalue weighted by molar-refractivity contribution is 6.54. The standard InChI is InChI=1S/C15H5Cl8NO2/c16-12(17)8-7(6-4-2-1-3-5-6)9-11(15(22,23)26-13(9,18)19)24-10(8)14(20,21)25-12/h1-5H. The third kappa shape index (κ3) is 2.91. The Morgan fingerprint density at radius 2 is 1.04 bits per heavy atom. The molecule has 11 heteroatoms. The molecule has 2 aromatic rings. The van der Waals surface area contributed by atoms with Gasteiger partial charge in [-0.25, -0.2) is 4.98 Å². The molecule has 0 N–H and O–H groups in total. The lowest BCUT2D eigenvalue weighted by Crippen LogP contribution is -2.17. The molecule has 0 spiro atoms. The minimum absolute atomic E-state index is 0.0174. The third-order valence-corrected chi connectivity index (χ3v) is 6.00. The summed E-state index contributed by atoms with van der Waals surface area (Å²) in [6.45, 7) is 0. The van der Waals surface area contributed by atoms with Gasteiger partial charge in [0.2, 0.25) is 9.04 Å². The molecule has 3 nitrogen and oxygen atoms in total. The lowest BCUT2D eigenvalue weighted by atomic mass is 9.93. The first-order chi connectivity index (χ1) is 11.9. The molecule has 2 aliphatic rings. The summed E-state index contributed by atoms with van der Waals surface area (Å²) in [6.07, 6.45) is 0. The number of fused-ring (bicyclic) bond motifs is 2. The van der Waals surface area contributed by atoms with Gasteiger partial charge in [0, 0.05) is 5.56 Å². The molecular formula is C15H5Cl8NO2. The monoisotopic (exact) mass is 511 g/mol. The van der Waals surface area contributed by atoms with Crippen LogP contribution in [0.2, 0.25) is 0 Å². The van der Waals surface area contributed by atoms with Gasteiger partial charge in [0.05, 0.1) is 11.1 Å². The van der Waals surface area contributed by atoms with Crippen LogP contribution in [0.4, 0.5) is 0 Å². The average molecular weight is 515 g/mol. The van der Waals surface area contributed by atoms with E-state index in [1.54, 1.807) is 24.3 Å². The molecule has 0 saturated carbocycles. The minimum atomic E-state index is -1.95. The van der Waals surface area contributed by atoms with Crippen molar-refractivity contribution in [3.05, 3.63) is 52.8 Å². The summed E-state index contributed by atoms with van der Waals surface area (Å²) >= 11 is 50.3. The number of alkyl halides is 8. The summed E-state index contributed by atoms with van der Waals surface area (Å²) in [7, 11) is 0. The van der Waals surface area contributed by atoms with Crippen molar-refractivity contribution in [2.24, 2.45) is 0 Å². The van der Waals surface area contributed by atoms with Crippen molar-refractivity contribution in [1.82, 2.24) is 4.98 Å². The first kappa shape index (κ1) is 19.9. The van der Waals surface area contributed by atoms with Crippen molar-refractivity contribution in [3.63, 3.8) is 0 Å². The first-order valence-corrected chi connectivity index (χ1v) is 9.96. The molecule has 0 amide bonds. The Labute approximate surface area is 188 Å². The molecule has 0 radical (unpaired) electrons. The number of ether oxygens (including phenoxy) is 2. The molecule has 0 fully saturated rings. The van der Waals surface area contributed by atoms with E-state index in [9.17, 15) is 0 Å². The number of rotatable bonds is 1. The lowest BCUT2D eigenvalue weighted by Gasteiger charge is -2.22. The van der Waals surface area contributed by atoms with Crippen molar-refractivity contribution in [2.45, 2.75) is 18.1 Å². The number of nitrogens with zero attached hydrogens (tertiary/aromatic N) is 1. The van der Waals surface area contributed by atoms with Crippen LogP contribution in [-0.4, -0.2) is 4.98 Å². The molecule has 0 bridgehead atoms. The predicted octanol–water partition coefficient (Wildman–Crippen LogP) is 7.16. The van der Waals surface area contributed by atoms with Gasteiger partial charge in [-0.3, -0.25) is 0 Å². The van der Waals surface area contributed by atoms with Crippen LogP contribution < -0.4 is 0 Å². The highest BCUT2D eigenvalue weighted by atomic mass is 35.5. The van der Waals surface area contributed by atoms with Gasteiger partial charge in [-0.1, -0.05) is 123 Å². The highest BCUT2D eigenvalue weighted by Gasteiger charge is 2.60. The van der Waals surface area contributed by atoms with E-state index in [0.717, 1.165) is 0 Å². The molecule has 3 heterocycles. The summed E-state index contributed by atoms with van der Waals surface area (Å²) in [5, 5.41) is 0. The Kier molecular flexibility index (Phi) is 4.64. The van der Waals surface area contributed by atoms with Crippen LogP contribution in [0, 0.1) is 0 Å². The average Bonchev–Trinajstić information content (AvgIpc) is 2.82. The number of hydrogen-bond acceptors (Lipinski definition) is 3. The number of halogens is 8. The van der Waals surface area contributed by atoms with Crippen LogP contribution >= 0.6 is 92.8 Å². The molecule has 1 aromatic heterocycles. The molecule has 138 valence electrons. The van der Waals surface area contributed by atoms with Gasteiger partial charge in [-0.05, 0) is 5.56 Å². The molecule has 0 unspecified atom stereocenters. The summed E-state index contributed by atoms with van der Waals surface area (Å²) in [5.41, 5.74) is 1.38. The van der Waals surface area contributed by atoms with Gasteiger partial charge in [-0.15, -0.1) is 0 Å². The fourth-order valence-electron chi connectivity index (χ4n) is 2.99. The van der Waals surface area contributed by atoms with E-state index in [4.69, 9.17) is 102 Å². The van der Waals surface area contributed by atoms with E-state index in [0.29, 0.717) is 11.1 Å². The SMILES string of the molecule is ClC1(Cl)OC(Cl)(Cl)c2c1nc1c(c2-c2ccccc2)C(Cl)(Cl)OC1(Cl)Cl. The van der Waals surface area contributed by atoms with E-state index in [1.807, 2.05) is 6.07 Å². The fraction of sp³-hybridized carbons (Fsp3) is 0.267. The summed E-state index contributed by atoms with van der Waals surface area (Å²) in [6, 6.07) is 8.95. The van der Waals surface area contributed by atoms with Crippen molar-refractivity contribution < 1.29 is 9.47 Å². The zero-order valence-corrected chi connectivity index (χ0v) is 18.2. The number of hydrogen-bond donors (Lipinski definition) is 0. The second kappa shape index (κ2) is 6.06. The molecule has 0 aliphatic carbocycles. The molecular weight excluding hydrogens is 510 g/mol. The minimum Gasteiger partial charge on any atom is -0.301 e. The third-order valence-electron chi connectivity index (χ3n) is 3.91. The Balaban J connectivity index is 2.20. The van der Waals surface area contributed by atoms with Crippen molar-refractivity contribution in [2.75, 3.05) is 0 Å². The molecule has 1 aromatic carbocycles. The van der Waals surface area contributed by atoms with Crippen LogP contribution in [0.15, 0.2) is 30.3 Å². The van der Waals surface area contributed by atoms with Crippen molar-refractivity contribution in [1.29, 1.82) is 0 Å².